The van der Waals surface area contributed by atoms with Crippen LogP contribution >= 0.6 is 23.4 Å². The van der Waals surface area contributed by atoms with Crippen LogP contribution in [-0.4, -0.2) is 19.7 Å². The molecule has 0 radical (unpaired) electrons. The lowest BCUT2D eigenvalue weighted by molar-refractivity contribution is 0.725. The van der Waals surface area contributed by atoms with Gasteiger partial charge in [0.25, 0.3) is 0 Å². The van der Waals surface area contributed by atoms with Crippen molar-refractivity contribution in [1.29, 1.82) is 0 Å². The monoisotopic (exact) mass is 344 g/mol. The number of hydrogen-bond acceptors (Lipinski definition) is 4. The molecule has 0 amide bonds. The summed E-state index contributed by atoms with van der Waals surface area (Å²) in [5, 5.41) is 10.6. The van der Waals surface area contributed by atoms with Gasteiger partial charge in [-0.2, -0.15) is 0 Å². The zero-order valence-corrected chi connectivity index (χ0v) is 14.7. The van der Waals surface area contributed by atoms with Gasteiger partial charge in [0.15, 0.2) is 5.16 Å². The highest BCUT2D eigenvalue weighted by Crippen LogP contribution is 2.29. The molecule has 0 unspecified atom stereocenters. The van der Waals surface area contributed by atoms with Crippen molar-refractivity contribution in [1.82, 2.24) is 19.7 Å². The van der Waals surface area contributed by atoms with Gasteiger partial charge in [0.1, 0.15) is 11.5 Å². The highest BCUT2D eigenvalue weighted by Gasteiger charge is 2.10. The van der Waals surface area contributed by atoms with E-state index in [0.29, 0.717) is 17.5 Å². The number of aromatic nitrogens is 4. The fraction of sp³-hybridized carbons (Fsp3) is 0.235. The van der Waals surface area contributed by atoms with Gasteiger partial charge >= 0.3 is 0 Å². The van der Waals surface area contributed by atoms with Gasteiger partial charge in [-0.05, 0) is 31.0 Å². The SMILES string of the molecule is C=CCn1cnnc1SCc1cc2ccc(C)c(C)c2nc1Cl. The van der Waals surface area contributed by atoms with Crippen molar-refractivity contribution >= 4 is 34.3 Å². The summed E-state index contributed by atoms with van der Waals surface area (Å²) in [6.07, 6.45) is 3.53. The van der Waals surface area contributed by atoms with E-state index in [1.165, 1.54) is 11.1 Å². The third-order valence-electron chi connectivity index (χ3n) is 3.80. The van der Waals surface area contributed by atoms with Crippen LogP contribution in [0.4, 0.5) is 0 Å². The molecule has 4 nitrogen and oxygen atoms in total. The van der Waals surface area contributed by atoms with Gasteiger partial charge in [-0.25, -0.2) is 4.98 Å². The van der Waals surface area contributed by atoms with Crippen LogP contribution in [0.15, 0.2) is 42.3 Å². The molecule has 0 N–H and O–H groups in total. The predicted molar refractivity (Wildman–Crippen MR) is 96.0 cm³/mol. The molecule has 3 aromatic rings. The second-order valence-electron chi connectivity index (χ2n) is 5.36. The van der Waals surface area contributed by atoms with E-state index in [1.807, 2.05) is 10.6 Å². The van der Waals surface area contributed by atoms with Gasteiger partial charge in [0.2, 0.25) is 0 Å². The molecule has 23 heavy (non-hydrogen) atoms. The molecule has 0 aliphatic carbocycles. The Morgan fingerprint density at radius 2 is 2.17 bits per heavy atom. The van der Waals surface area contributed by atoms with Crippen molar-refractivity contribution in [2.75, 3.05) is 0 Å². The van der Waals surface area contributed by atoms with Crippen molar-refractivity contribution in [3.8, 4) is 0 Å². The van der Waals surface area contributed by atoms with Gasteiger partial charge in [0.05, 0.1) is 5.52 Å². The zero-order valence-electron chi connectivity index (χ0n) is 13.1. The Morgan fingerprint density at radius 1 is 1.35 bits per heavy atom. The maximum atomic E-state index is 6.39. The van der Waals surface area contributed by atoms with Crippen LogP contribution in [0.1, 0.15) is 16.7 Å². The molecular weight excluding hydrogens is 328 g/mol. The molecule has 2 aromatic heterocycles. The fourth-order valence-electron chi connectivity index (χ4n) is 2.37. The van der Waals surface area contributed by atoms with E-state index in [2.05, 4.69) is 53.8 Å². The Kier molecular flexibility index (Phi) is 4.68. The first kappa shape index (κ1) is 16.0. The standard InChI is InChI=1S/C17H17ClN4S/c1-4-7-22-10-19-21-17(22)23-9-14-8-13-6-5-11(2)12(3)15(13)20-16(14)18/h4-6,8,10H,1,7,9H2,2-3H3. The Balaban J connectivity index is 1.88. The van der Waals surface area contributed by atoms with Crippen molar-refractivity contribution in [3.05, 3.63) is 59.0 Å². The van der Waals surface area contributed by atoms with E-state index in [9.17, 15) is 0 Å². The lowest BCUT2D eigenvalue weighted by Crippen LogP contribution is -1.97. The number of hydrogen-bond donors (Lipinski definition) is 0. The molecule has 0 spiro atoms. The summed E-state index contributed by atoms with van der Waals surface area (Å²) in [7, 11) is 0. The van der Waals surface area contributed by atoms with E-state index in [1.54, 1.807) is 18.1 Å². The van der Waals surface area contributed by atoms with Gasteiger partial charge < -0.3 is 4.57 Å². The number of benzene rings is 1. The maximum absolute atomic E-state index is 6.39. The summed E-state index contributed by atoms with van der Waals surface area (Å²) in [4.78, 5) is 4.59. The number of nitrogens with zero attached hydrogens (tertiary/aromatic N) is 4. The minimum absolute atomic E-state index is 0.550. The zero-order chi connectivity index (χ0) is 16.4. The van der Waals surface area contributed by atoms with Crippen LogP contribution in [-0.2, 0) is 12.3 Å². The molecule has 6 heteroatoms. The summed E-state index contributed by atoms with van der Waals surface area (Å²) in [6.45, 7) is 8.59. The van der Waals surface area contributed by atoms with Crippen LogP contribution in [0, 0.1) is 13.8 Å². The van der Waals surface area contributed by atoms with Gasteiger partial charge in [0, 0.05) is 23.2 Å². The largest absolute Gasteiger partial charge is 0.305 e. The highest BCUT2D eigenvalue weighted by molar-refractivity contribution is 7.98. The van der Waals surface area contributed by atoms with E-state index >= 15 is 0 Å². The molecule has 0 bridgehead atoms. The molecular formula is C17H17ClN4S. The first-order chi connectivity index (χ1) is 11.1. The Hall–Kier alpha value is -1.85. The van der Waals surface area contributed by atoms with Crippen LogP contribution in [0.5, 0.6) is 0 Å². The average molecular weight is 345 g/mol. The summed E-state index contributed by atoms with van der Waals surface area (Å²) in [6, 6.07) is 6.32. The number of aryl methyl sites for hydroxylation is 2. The lowest BCUT2D eigenvalue weighted by Gasteiger charge is -2.09. The quantitative estimate of drug-likeness (QED) is 0.386. The van der Waals surface area contributed by atoms with E-state index in [4.69, 9.17) is 11.6 Å². The number of fused-ring (bicyclic) bond motifs is 1. The molecule has 3 rings (SSSR count). The average Bonchev–Trinajstić information content (AvgIpc) is 2.97. The fourth-order valence-corrected chi connectivity index (χ4v) is 3.55. The number of rotatable bonds is 5. The summed E-state index contributed by atoms with van der Waals surface area (Å²) >= 11 is 7.98. The Bertz CT molecular complexity index is 872. The number of allylic oxidation sites excluding steroid dienone is 1. The smallest absolute Gasteiger partial charge is 0.191 e. The third-order valence-corrected chi connectivity index (χ3v) is 5.16. The summed E-state index contributed by atoms with van der Waals surface area (Å²) in [5.41, 5.74) is 4.37. The van der Waals surface area contributed by atoms with Gasteiger partial charge in [-0.1, -0.05) is 41.6 Å². The van der Waals surface area contributed by atoms with Crippen molar-refractivity contribution < 1.29 is 0 Å². The summed E-state index contributed by atoms with van der Waals surface area (Å²) in [5.74, 6) is 0.699. The highest BCUT2D eigenvalue weighted by atomic mass is 35.5. The van der Waals surface area contributed by atoms with Gasteiger partial charge in [-0.15, -0.1) is 16.8 Å². The minimum Gasteiger partial charge on any atom is -0.305 e. The van der Waals surface area contributed by atoms with E-state index in [0.717, 1.165) is 21.6 Å². The topological polar surface area (TPSA) is 43.6 Å². The second-order valence-corrected chi connectivity index (χ2v) is 6.66. The molecule has 0 saturated carbocycles. The van der Waals surface area contributed by atoms with Crippen LogP contribution < -0.4 is 0 Å². The normalized spacial score (nSPS) is 11.1. The van der Waals surface area contributed by atoms with Crippen molar-refractivity contribution in [2.24, 2.45) is 0 Å². The summed E-state index contributed by atoms with van der Waals surface area (Å²) < 4.78 is 1.95. The van der Waals surface area contributed by atoms with Crippen LogP contribution in [0.25, 0.3) is 10.9 Å². The van der Waals surface area contributed by atoms with Crippen molar-refractivity contribution in [3.63, 3.8) is 0 Å². The molecule has 0 saturated heterocycles. The number of thioether (sulfide) groups is 1. The predicted octanol–water partition coefficient (Wildman–Crippen LogP) is 4.57. The first-order valence-electron chi connectivity index (χ1n) is 7.27. The van der Waals surface area contributed by atoms with Crippen LogP contribution in [0.3, 0.4) is 0 Å². The number of pyridine rings is 1. The second kappa shape index (κ2) is 6.72. The molecule has 118 valence electrons. The molecule has 2 heterocycles. The van der Waals surface area contributed by atoms with Crippen LogP contribution in [0.2, 0.25) is 5.15 Å². The van der Waals surface area contributed by atoms with E-state index in [-0.39, 0.29) is 0 Å². The minimum atomic E-state index is 0.550. The number of halogens is 1. The molecule has 0 aliphatic heterocycles. The first-order valence-corrected chi connectivity index (χ1v) is 8.63. The molecule has 1 aromatic carbocycles. The third kappa shape index (κ3) is 3.26. The molecule has 0 fully saturated rings. The van der Waals surface area contributed by atoms with Gasteiger partial charge in [-0.3, -0.25) is 0 Å². The molecule has 0 aliphatic rings. The Morgan fingerprint density at radius 3 is 2.96 bits per heavy atom. The molecule has 0 atom stereocenters. The lowest BCUT2D eigenvalue weighted by atomic mass is 10.0. The Labute approximate surface area is 144 Å². The van der Waals surface area contributed by atoms with Crippen molar-refractivity contribution in [2.45, 2.75) is 31.3 Å². The maximum Gasteiger partial charge on any atom is 0.191 e. The van der Waals surface area contributed by atoms with E-state index < -0.39 is 0 Å².